The summed E-state index contributed by atoms with van der Waals surface area (Å²) in [6.07, 6.45) is 4.63. The van der Waals surface area contributed by atoms with Gasteiger partial charge in [-0.25, -0.2) is 0 Å². The first-order chi connectivity index (χ1) is 5.31. The van der Waals surface area contributed by atoms with E-state index in [1.54, 1.807) is 0 Å². The van der Waals surface area contributed by atoms with Gasteiger partial charge in [-0.2, -0.15) is 0 Å². The van der Waals surface area contributed by atoms with E-state index in [4.69, 9.17) is 11.5 Å². The Morgan fingerprint density at radius 3 is 1.79 bits per heavy atom. The SMILES string of the molecule is CC1(N)CCC(C(C)(C)N)CC1.Cl.Cl. The van der Waals surface area contributed by atoms with Gasteiger partial charge in [-0.1, -0.05) is 0 Å². The Morgan fingerprint density at radius 2 is 1.50 bits per heavy atom. The van der Waals surface area contributed by atoms with Crippen LogP contribution in [0.5, 0.6) is 0 Å². The van der Waals surface area contributed by atoms with Crippen molar-refractivity contribution in [3.05, 3.63) is 0 Å². The molecule has 0 aromatic rings. The van der Waals surface area contributed by atoms with Gasteiger partial charge in [-0.15, -0.1) is 24.8 Å². The molecule has 0 radical (unpaired) electrons. The third kappa shape index (κ3) is 4.83. The first-order valence-corrected chi connectivity index (χ1v) is 4.89. The third-order valence-electron chi connectivity index (χ3n) is 3.18. The van der Waals surface area contributed by atoms with E-state index < -0.39 is 0 Å². The van der Waals surface area contributed by atoms with Crippen LogP contribution < -0.4 is 11.5 Å². The molecule has 0 unspecified atom stereocenters. The Bertz CT molecular complexity index is 154. The fraction of sp³-hybridized carbons (Fsp3) is 1.00. The Morgan fingerprint density at radius 1 is 1.14 bits per heavy atom. The minimum Gasteiger partial charge on any atom is -0.325 e. The van der Waals surface area contributed by atoms with Crippen LogP contribution in [0.3, 0.4) is 0 Å². The fourth-order valence-corrected chi connectivity index (χ4v) is 2.02. The zero-order chi connectivity index (χ0) is 9.41. The van der Waals surface area contributed by atoms with Gasteiger partial charge >= 0.3 is 0 Å². The van der Waals surface area contributed by atoms with Gasteiger partial charge in [-0.3, -0.25) is 0 Å². The van der Waals surface area contributed by atoms with Gasteiger partial charge in [-0.05, 0) is 52.4 Å². The van der Waals surface area contributed by atoms with E-state index >= 15 is 0 Å². The van der Waals surface area contributed by atoms with Gasteiger partial charge in [0, 0.05) is 11.1 Å². The lowest BCUT2D eigenvalue weighted by Gasteiger charge is -2.40. The lowest BCUT2D eigenvalue weighted by atomic mass is 9.71. The van der Waals surface area contributed by atoms with Crippen LogP contribution in [0, 0.1) is 5.92 Å². The van der Waals surface area contributed by atoms with Crippen molar-refractivity contribution in [2.24, 2.45) is 17.4 Å². The molecule has 0 aromatic carbocycles. The van der Waals surface area contributed by atoms with E-state index in [9.17, 15) is 0 Å². The minimum atomic E-state index is -0.0174. The lowest BCUT2D eigenvalue weighted by Crippen LogP contribution is -2.48. The van der Waals surface area contributed by atoms with Gasteiger partial charge in [0.15, 0.2) is 0 Å². The average Bonchev–Trinajstić information content (AvgIpc) is 1.83. The second-order valence-electron chi connectivity index (χ2n) is 5.25. The molecule has 88 valence electrons. The lowest BCUT2D eigenvalue weighted by molar-refractivity contribution is 0.185. The number of halogens is 2. The van der Waals surface area contributed by atoms with E-state index in [0.717, 1.165) is 12.8 Å². The molecule has 0 spiro atoms. The van der Waals surface area contributed by atoms with Crippen LogP contribution in [0.25, 0.3) is 0 Å². The zero-order valence-electron chi connectivity index (χ0n) is 9.38. The predicted molar refractivity (Wildman–Crippen MR) is 67.3 cm³/mol. The summed E-state index contributed by atoms with van der Waals surface area (Å²) in [5.74, 6) is 0.661. The van der Waals surface area contributed by atoms with E-state index in [1.807, 2.05) is 0 Å². The first kappa shape index (κ1) is 16.9. The maximum Gasteiger partial charge on any atom is 0.0126 e. The van der Waals surface area contributed by atoms with Crippen molar-refractivity contribution in [2.45, 2.75) is 57.5 Å². The molecule has 1 saturated carbocycles. The van der Waals surface area contributed by atoms with Crippen molar-refractivity contribution in [1.82, 2.24) is 0 Å². The van der Waals surface area contributed by atoms with Crippen molar-refractivity contribution in [1.29, 1.82) is 0 Å². The van der Waals surface area contributed by atoms with Crippen molar-refractivity contribution in [3.8, 4) is 0 Å². The minimum absolute atomic E-state index is 0. The van der Waals surface area contributed by atoms with Crippen LogP contribution >= 0.6 is 24.8 Å². The fourth-order valence-electron chi connectivity index (χ4n) is 2.02. The maximum atomic E-state index is 6.06. The number of hydrogen-bond donors (Lipinski definition) is 2. The normalized spacial score (nSPS) is 32.8. The van der Waals surface area contributed by atoms with Crippen LogP contribution in [-0.2, 0) is 0 Å². The van der Waals surface area contributed by atoms with Crippen molar-refractivity contribution >= 4 is 24.8 Å². The molecule has 1 aliphatic carbocycles. The molecule has 2 nitrogen and oxygen atoms in total. The molecule has 0 amide bonds. The number of nitrogens with two attached hydrogens (primary N) is 2. The highest BCUT2D eigenvalue weighted by Gasteiger charge is 2.33. The van der Waals surface area contributed by atoms with Crippen molar-refractivity contribution < 1.29 is 0 Å². The summed E-state index contributed by atoms with van der Waals surface area (Å²) in [5, 5.41) is 0. The highest BCUT2D eigenvalue weighted by molar-refractivity contribution is 5.85. The summed E-state index contributed by atoms with van der Waals surface area (Å²) in [5.41, 5.74) is 12.2. The molecule has 1 aliphatic rings. The largest absolute Gasteiger partial charge is 0.325 e. The Hall–Kier alpha value is 0.500. The highest BCUT2D eigenvalue weighted by Crippen LogP contribution is 2.34. The maximum absolute atomic E-state index is 6.06. The Labute approximate surface area is 100 Å². The van der Waals surface area contributed by atoms with Gasteiger partial charge in [0.2, 0.25) is 0 Å². The summed E-state index contributed by atoms with van der Waals surface area (Å²) in [6, 6.07) is 0. The predicted octanol–water partition coefficient (Wildman–Crippen LogP) is 2.47. The highest BCUT2D eigenvalue weighted by atomic mass is 35.5. The van der Waals surface area contributed by atoms with E-state index in [-0.39, 0.29) is 35.9 Å². The zero-order valence-corrected chi connectivity index (χ0v) is 11.0. The third-order valence-corrected chi connectivity index (χ3v) is 3.18. The smallest absolute Gasteiger partial charge is 0.0126 e. The van der Waals surface area contributed by atoms with Crippen molar-refractivity contribution in [3.63, 3.8) is 0 Å². The first-order valence-electron chi connectivity index (χ1n) is 4.89. The van der Waals surface area contributed by atoms with Gasteiger partial charge in [0.1, 0.15) is 0 Å². The molecule has 0 bridgehead atoms. The van der Waals surface area contributed by atoms with Crippen LogP contribution in [0.4, 0.5) is 0 Å². The standard InChI is InChI=1S/C10H22N2.2ClH/c1-9(2,11)8-4-6-10(3,12)7-5-8;;/h8H,4-7,11-12H2,1-3H3;2*1H. The summed E-state index contributed by atoms with van der Waals surface area (Å²) in [7, 11) is 0. The molecule has 4 N–H and O–H groups in total. The van der Waals surface area contributed by atoms with Gasteiger partial charge in [0.25, 0.3) is 0 Å². The van der Waals surface area contributed by atoms with Gasteiger partial charge < -0.3 is 11.5 Å². The molecular weight excluding hydrogens is 219 g/mol. The monoisotopic (exact) mass is 242 g/mol. The molecule has 0 heterocycles. The van der Waals surface area contributed by atoms with Gasteiger partial charge in [0.05, 0.1) is 0 Å². The van der Waals surface area contributed by atoms with E-state index in [0.29, 0.717) is 5.92 Å². The van der Waals surface area contributed by atoms with Crippen LogP contribution in [0.2, 0.25) is 0 Å². The number of rotatable bonds is 1. The summed E-state index contributed by atoms with van der Waals surface area (Å²) < 4.78 is 0. The quantitative estimate of drug-likeness (QED) is 0.743. The molecule has 0 aromatic heterocycles. The number of hydrogen-bond acceptors (Lipinski definition) is 2. The molecule has 1 rings (SSSR count). The molecule has 4 heteroatoms. The molecule has 14 heavy (non-hydrogen) atoms. The topological polar surface area (TPSA) is 52.0 Å². The van der Waals surface area contributed by atoms with Crippen LogP contribution in [0.1, 0.15) is 46.5 Å². The Balaban J connectivity index is 0. The molecular formula is C10H24Cl2N2. The molecule has 0 saturated heterocycles. The average molecular weight is 243 g/mol. The summed E-state index contributed by atoms with van der Waals surface area (Å²) in [4.78, 5) is 0. The van der Waals surface area contributed by atoms with Crippen molar-refractivity contribution in [2.75, 3.05) is 0 Å². The second-order valence-corrected chi connectivity index (χ2v) is 5.25. The molecule has 1 fully saturated rings. The van der Waals surface area contributed by atoms with Crippen LogP contribution in [0.15, 0.2) is 0 Å². The summed E-state index contributed by atoms with van der Waals surface area (Å²) in [6.45, 7) is 6.39. The molecule has 0 atom stereocenters. The summed E-state index contributed by atoms with van der Waals surface area (Å²) >= 11 is 0. The second kappa shape index (κ2) is 5.55. The van der Waals surface area contributed by atoms with E-state index in [2.05, 4.69) is 20.8 Å². The van der Waals surface area contributed by atoms with E-state index in [1.165, 1.54) is 12.8 Å². The van der Waals surface area contributed by atoms with Crippen LogP contribution in [-0.4, -0.2) is 11.1 Å². The Kier molecular flexibility index (Phi) is 6.70. The molecule has 0 aliphatic heterocycles.